The number of benzene rings is 1. The van der Waals surface area contributed by atoms with Gasteiger partial charge < -0.3 is 9.73 Å². The normalized spacial score (nSPS) is 10.8. The van der Waals surface area contributed by atoms with Gasteiger partial charge in [-0.05, 0) is 68.6 Å². The fourth-order valence-electron chi connectivity index (χ4n) is 1.61. The Bertz CT molecular complexity index is 631. The van der Waals surface area contributed by atoms with Crippen molar-refractivity contribution in [3.05, 3.63) is 50.8 Å². The number of hydrogen-bond donors (Lipinski definition) is 2. The summed E-state index contributed by atoms with van der Waals surface area (Å²) < 4.78 is 6.84. The number of carbonyl (C=O) groups excluding carboxylic acids is 1. The van der Waals surface area contributed by atoms with E-state index in [0.29, 0.717) is 5.76 Å². The van der Waals surface area contributed by atoms with Crippen LogP contribution in [0.25, 0.3) is 0 Å². The minimum absolute atomic E-state index is 0.107. The highest BCUT2D eigenvalue weighted by Crippen LogP contribution is 2.31. The number of furan rings is 1. The number of hydrogen-bond acceptors (Lipinski definition) is 4. The summed E-state index contributed by atoms with van der Waals surface area (Å²) in [6, 6.07) is 7.44. The molecule has 110 valence electrons. The molecular formula is C14H13Br2N3O2. The Labute approximate surface area is 139 Å². The van der Waals surface area contributed by atoms with Crippen LogP contribution in [0.4, 0.5) is 5.69 Å². The molecule has 1 aromatic carbocycles. The van der Waals surface area contributed by atoms with E-state index in [2.05, 4.69) is 47.7 Å². The molecule has 0 atom stereocenters. The quantitative estimate of drug-likeness (QED) is 0.579. The summed E-state index contributed by atoms with van der Waals surface area (Å²) in [7, 11) is 0. The maximum Gasteiger partial charge on any atom is 0.259 e. The van der Waals surface area contributed by atoms with Gasteiger partial charge in [0.2, 0.25) is 0 Å². The highest BCUT2D eigenvalue weighted by Gasteiger charge is 2.07. The molecule has 0 saturated heterocycles. The first-order chi connectivity index (χ1) is 10.1. The number of hydrazone groups is 1. The van der Waals surface area contributed by atoms with E-state index in [1.54, 1.807) is 12.1 Å². The number of nitrogens with one attached hydrogen (secondary N) is 2. The molecular weight excluding hydrogens is 402 g/mol. The Hall–Kier alpha value is -1.60. The van der Waals surface area contributed by atoms with Crippen LogP contribution in [0.2, 0.25) is 0 Å². The summed E-state index contributed by atoms with van der Waals surface area (Å²) >= 11 is 6.92. The summed E-state index contributed by atoms with van der Waals surface area (Å²) in [4.78, 5) is 11.7. The molecule has 0 saturated carbocycles. The van der Waals surface area contributed by atoms with Crippen LogP contribution in [0.15, 0.2) is 49.0 Å². The van der Waals surface area contributed by atoms with Gasteiger partial charge in [-0.3, -0.25) is 4.79 Å². The van der Waals surface area contributed by atoms with Crippen molar-refractivity contribution in [3.8, 4) is 0 Å². The number of nitrogens with zero attached hydrogens (tertiary/aromatic N) is 1. The van der Waals surface area contributed by atoms with Crippen molar-refractivity contribution in [2.45, 2.75) is 6.92 Å². The van der Waals surface area contributed by atoms with Crippen LogP contribution in [0.5, 0.6) is 0 Å². The number of halogens is 2. The second-order valence-electron chi connectivity index (χ2n) is 4.27. The summed E-state index contributed by atoms with van der Waals surface area (Å²) in [5.74, 6) is 0.324. The summed E-state index contributed by atoms with van der Waals surface area (Å²) in [6.45, 7) is 2.10. The van der Waals surface area contributed by atoms with E-state index >= 15 is 0 Å². The molecule has 2 rings (SSSR count). The lowest BCUT2D eigenvalue weighted by Gasteiger charge is -2.10. The Morgan fingerprint density at radius 1 is 1.38 bits per heavy atom. The lowest BCUT2D eigenvalue weighted by molar-refractivity contribution is -0.119. The van der Waals surface area contributed by atoms with Crippen molar-refractivity contribution in [2.24, 2.45) is 5.10 Å². The van der Waals surface area contributed by atoms with Crippen LogP contribution in [-0.4, -0.2) is 18.7 Å². The molecule has 7 heteroatoms. The number of rotatable bonds is 5. The van der Waals surface area contributed by atoms with Gasteiger partial charge in [0.15, 0.2) is 0 Å². The highest BCUT2D eigenvalue weighted by molar-refractivity contribution is 9.11. The molecule has 5 nitrogen and oxygen atoms in total. The van der Waals surface area contributed by atoms with Crippen molar-refractivity contribution in [1.82, 2.24) is 5.43 Å². The fraction of sp³-hybridized carbons (Fsp3) is 0.143. The van der Waals surface area contributed by atoms with Gasteiger partial charge in [0, 0.05) is 8.95 Å². The molecule has 0 bridgehead atoms. The van der Waals surface area contributed by atoms with Gasteiger partial charge in [0.25, 0.3) is 5.91 Å². The monoisotopic (exact) mass is 413 g/mol. The second kappa shape index (κ2) is 7.42. The molecule has 0 spiro atoms. The van der Waals surface area contributed by atoms with Crippen LogP contribution >= 0.6 is 31.9 Å². The molecule has 0 aliphatic rings. The third-order valence-electron chi connectivity index (χ3n) is 2.54. The van der Waals surface area contributed by atoms with Gasteiger partial charge in [-0.2, -0.15) is 5.10 Å². The third kappa shape index (κ3) is 4.71. The van der Waals surface area contributed by atoms with Crippen LogP contribution < -0.4 is 10.7 Å². The molecule has 1 aromatic heterocycles. The average molecular weight is 415 g/mol. The first-order valence-electron chi connectivity index (χ1n) is 6.11. The van der Waals surface area contributed by atoms with Crippen LogP contribution in [0.3, 0.4) is 0 Å². The largest absolute Gasteiger partial charge is 0.463 e. The standard InChI is InChI=1S/C14H13Br2N3O2/c1-9-5-11(15)14(12(16)6-9)17-8-13(20)19-18-7-10-3-2-4-21-10/h2-7,17H,8H2,1H3,(H,19,20). The number of amides is 1. The maximum absolute atomic E-state index is 11.7. The van der Waals surface area contributed by atoms with Crippen LogP contribution in [-0.2, 0) is 4.79 Å². The van der Waals surface area contributed by atoms with Crippen molar-refractivity contribution in [3.63, 3.8) is 0 Å². The topological polar surface area (TPSA) is 66.6 Å². The van der Waals surface area contributed by atoms with E-state index in [9.17, 15) is 4.79 Å². The maximum atomic E-state index is 11.7. The average Bonchev–Trinajstić information content (AvgIpc) is 2.90. The van der Waals surface area contributed by atoms with E-state index in [1.165, 1.54) is 12.5 Å². The third-order valence-corrected chi connectivity index (χ3v) is 3.79. The Kier molecular flexibility index (Phi) is 5.58. The van der Waals surface area contributed by atoms with E-state index in [1.807, 2.05) is 19.1 Å². The van der Waals surface area contributed by atoms with Gasteiger partial charge in [-0.1, -0.05) is 0 Å². The zero-order chi connectivity index (χ0) is 15.2. The number of carbonyl (C=O) groups is 1. The van der Waals surface area contributed by atoms with Crippen molar-refractivity contribution < 1.29 is 9.21 Å². The predicted octanol–water partition coefficient (Wildman–Crippen LogP) is 3.68. The molecule has 0 radical (unpaired) electrons. The molecule has 0 unspecified atom stereocenters. The fourth-order valence-corrected chi connectivity index (χ4v) is 3.31. The molecule has 1 amide bonds. The van der Waals surface area contributed by atoms with Crippen molar-refractivity contribution in [2.75, 3.05) is 11.9 Å². The van der Waals surface area contributed by atoms with Crippen molar-refractivity contribution >= 4 is 49.7 Å². The molecule has 0 fully saturated rings. The second-order valence-corrected chi connectivity index (χ2v) is 5.97. The number of aryl methyl sites for hydroxylation is 1. The molecule has 2 aromatic rings. The SMILES string of the molecule is Cc1cc(Br)c(NCC(=O)NN=Cc2ccco2)c(Br)c1. The van der Waals surface area contributed by atoms with Crippen LogP contribution in [0, 0.1) is 6.92 Å². The summed E-state index contributed by atoms with van der Waals surface area (Å²) in [5, 5.41) is 6.85. The molecule has 2 N–H and O–H groups in total. The van der Waals surface area contributed by atoms with E-state index in [0.717, 1.165) is 20.2 Å². The van der Waals surface area contributed by atoms with E-state index in [-0.39, 0.29) is 12.5 Å². The molecule has 0 aliphatic carbocycles. The molecule has 21 heavy (non-hydrogen) atoms. The van der Waals surface area contributed by atoms with Gasteiger partial charge >= 0.3 is 0 Å². The van der Waals surface area contributed by atoms with Gasteiger partial charge in [0.05, 0.1) is 24.7 Å². The summed E-state index contributed by atoms with van der Waals surface area (Å²) in [6.07, 6.45) is 2.98. The van der Waals surface area contributed by atoms with E-state index in [4.69, 9.17) is 4.42 Å². The highest BCUT2D eigenvalue weighted by atomic mass is 79.9. The van der Waals surface area contributed by atoms with Gasteiger partial charge in [0.1, 0.15) is 5.76 Å². The minimum Gasteiger partial charge on any atom is -0.463 e. The Morgan fingerprint density at radius 2 is 2.10 bits per heavy atom. The van der Waals surface area contributed by atoms with E-state index < -0.39 is 0 Å². The lowest BCUT2D eigenvalue weighted by atomic mass is 10.2. The lowest BCUT2D eigenvalue weighted by Crippen LogP contribution is -2.26. The van der Waals surface area contributed by atoms with Gasteiger partial charge in [-0.25, -0.2) is 5.43 Å². The Balaban J connectivity index is 1.87. The van der Waals surface area contributed by atoms with Crippen molar-refractivity contribution in [1.29, 1.82) is 0 Å². The van der Waals surface area contributed by atoms with Crippen LogP contribution in [0.1, 0.15) is 11.3 Å². The molecule has 0 aliphatic heterocycles. The smallest absolute Gasteiger partial charge is 0.259 e. The zero-order valence-corrected chi connectivity index (χ0v) is 14.4. The minimum atomic E-state index is -0.253. The van der Waals surface area contributed by atoms with Gasteiger partial charge in [-0.15, -0.1) is 0 Å². The zero-order valence-electron chi connectivity index (χ0n) is 11.2. The summed E-state index contributed by atoms with van der Waals surface area (Å²) in [5.41, 5.74) is 4.36. The predicted molar refractivity (Wildman–Crippen MR) is 89.5 cm³/mol. The molecule has 1 heterocycles. The Morgan fingerprint density at radius 3 is 2.71 bits per heavy atom. The first kappa shape index (κ1) is 15.8. The first-order valence-corrected chi connectivity index (χ1v) is 7.70. The number of anilines is 1.